The van der Waals surface area contributed by atoms with Gasteiger partial charge in [0.2, 0.25) is 5.91 Å². The Morgan fingerprint density at radius 1 is 1.30 bits per heavy atom. The molecule has 0 aromatic heterocycles. The van der Waals surface area contributed by atoms with Crippen LogP contribution in [0.1, 0.15) is 26.7 Å². The van der Waals surface area contributed by atoms with Crippen molar-refractivity contribution >= 4 is 11.6 Å². The van der Waals surface area contributed by atoms with E-state index in [4.69, 9.17) is 9.47 Å². The monoisotopic (exact) mass is 278 g/mol. The summed E-state index contributed by atoms with van der Waals surface area (Å²) >= 11 is 0. The zero-order chi connectivity index (χ0) is 14.4. The van der Waals surface area contributed by atoms with Crippen molar-refractivity contribution in [3.63, 3.8) is 0 Å². The van der Waals surface area contributed by atoms with Crippen molar-refractivity contribution in [3.8, 4) is 11.5 Å². The number of fused-ring (bicyclic) bond motifs is 1. The van der Waals surface area contributed by atoms with Gasteiger partial charge in [0.25, 0.3) is 0 Å². The quantitative estimate of drug-likeness (QED) is 0.837. The Morgan fingerprint density at radius 3 is 2.80 bits per heavy atom. The average molecular weight is 278 g/mol. The number of nitrogens with one attached hydrogen (secondary N) is 2. The zero-order valence-corrected chi connectivity index (χ0v) is 12.1. The third-order valence-corrected chi connectivity index (χ3v) is 3.28. The maximum atomic E-state index is 11.8. The molecule has 20 heavy (non-hydrogen) atoms. The summed E-state index contributed by atoms with van der Waals surface area (Å²) in [5.74, 6) is 1.41. The summed E-state index contributed by atoms with van der Waals surface area (Å²) in [4.78, 5) is 11.8. The molecule has 2 rings (SSSR count). The van der Waals surface area contributed by atoms with Crippen LogP contribution in [0, 0.1) is 0 Å². The molecular weight excluding hydrogens is 256 g/mol. The van der Waals surface area contributed by atoms with Crippen molar-refractivity contribution in [2.45, 2.75) is 32.7 Å². The van der Waals surface area contributed by atoms with E-state index in [0.717, 1.165) is 17.9 Å². The summed E-state index contributed by atoms with van der Waals surface area (Å²) in [6, 6.07) is 5.89. The maximum absolute atomic E-state index is 11.8. The molecule has 0 saturated heterocycles. The van der Waals surface area contributed by atoms with Crippen molar-refractivity contribution in [1.29, 1.82) is 0 Å². The zero-order valence-electron chi connectivity index (χ0n) is 12.1. The summed E-state index contributed by atoms with van der Waals surface area (Å²) in [6.45, 7) is 6.03. The van der Waals surface area contributed by atoms with E-state index in [1.807, 2.05) is 12.1 Å². The van der Waals surface area contributed by atoms with Crippen LogP contribution in [0.25, 0.3) is 0 Å². The molecular formula is C15H22N2O3. The molecule has 1 atom stereocenters. The van der Waals surface area contributed by atoms with Gasteiger partial charge in [0, 0.05) is 30.8 Å². The van der Waals surface area contributed by atoms with Gasteiger partial charge in [0.1, 0.15) is 13.2 Å². The number of rotatable bonds is 6. The van der Waals surface area contributed by atoms with Crippen molar-refractivity contribution in [1.82, 2.24) is 5.32 Å². The first-order chi connectivity index (χ1) is 9.69. The molecule has 5 nitrogen and oxygen atoms in total. The Morgan fingerprint density at radius 2 is 2.05 bits per heavy atom. The molecule has 1 unspecified atom stereocenters. The van der Waals surface area contributed by atoms with Gasteiger partial charge in [0.15, 0.2) is 11.5 Å². The van der Waals surface area contributed by atoms with E-state index >= 15 is 0 Å². The minimum atomic E-state index is -0.00233. The summed E-state index contributed by atoms with van der Waals surface area (Å²) in [7, 11) is 0. The second-order valence-corrected chi connectivity index (χ2v) is 4.92. The molecule has 0 fully saturated rings. The molecule has 0 bridgehead atoms. The average Bonchev–Trinajstić information content (AvgIpc) is 2.47. The second-order valence-electron chi connectivity index (χ2n) is 4.92. The van der Waals surface area contributed by atoms with Crippen molar-refractivity contribution < 1.29 is 14.3 Å². The van der Waals surface area contributed by atoms with E-state index in [0.29, 0.717) is 38.0 Å². The van der Waals surface area contributed by atoms with Crippen LogP contribution in [-0.4, -0.2) is 31.7 Å². The van der Waals surface area contributed by atoms with Crippen molar-refractivity contribution in [2.75, 3.05) is 25.1 Å². The van der Waals surface area contributed by atoms with Crippen molar-refractivity contribution in [2.24, 2.45) is 0 Å². The highest BCUT2D eigenvalue weighted by atomic mass is 16.6. The van der Waals surface area contributed by atoms with Gasteiger partial charge in [-0.3, -0.25) is 4.79 Å². The van der Waals surface area contributed by atoms with E-state index in [-0.39, 0.29) is 5.91 Å². The van der Waals surface area contributed by atoms with Crippen LogP contribution in [0.2, 0.25) is 0 Å². The minimum Gasteiger partial charge on any atom is -0.486 e. The smallest absolute Gasteiger partial charge is 0.225 e. The highest BCUT2D eigenvalue weighted by molar-refractivity contribution is 5.91. The molecule has 0 saturated carbocycles. The maximum Gasteiger partial charge on any atom is 0.225 e. The summed E-state index contributed by atoms with van der Waals surface area (Å²) in [5.41, 5.74) is 0.739. The van der Waals surface area contributed by atoms with Gasteiger partial charge < -0.3 is 20.1 Å². The summed E-state index contributed by atoms with van der Waals surface area (Å²) < 4.78 is 10.9. The van der Waals surface area contributed by atoms with E-state index < -0.39 is 0 Å². The standard InChI is InChI=1S/C15H22N2O3/c1-3-11(2)16-7-6-15(18)17-12-4-5-13-14(10-12)20-9-8-19-13/h4-5,10-11,16H,3,6-9H2,1-2H3,(H,17,18). The Kier molecular flexibility index (Phi) is 5.24. The summed E-state index contributed by atoms with van der Waals surface area (Å²) in [6.07, 6.45) is 1.52. The van der Waals surface area contributed by atoms with Crippen LogP contribution in [0.4, 0.5) is 5.69 Å². The highest BCUT2D eigenvalue weighted by Gasteiger charge is 2.12. The molecule has 1 heterocycles. The van der Waals surface area contributed by atoms with E-state index in [1.54, 1.807) is 6.07 Å². The minimum absolute atomic E-state index is 0.00233. The van der Waals surface area contributed by atoms with E-state index in [9.17, 15) is 4.79 Å². The molecule has 2 N–H and O–H groups in total. The number of benzene rings is 1. The predicted molar refractivity (Wildman–Crippen MR) is 78.4 cm³/mol. The topological polar surface area (TPSA) is 59.6 Å². The molecule has 1 amide bonds. The second kappa shape index (κ2) is 7.14. The molecule has 110 valence electrons. The highest BCUT2D eigenvalue weighted by Crippen LogP contribution is 2.32. The third kappa shape index (κ3) is 4.13. The fourth-order valence-electron chi connectivity index (χ4n) is 1.92. The normalized spacial score (nSPS) is 14.7. The van der Waals surface area contributed by atoms with Crippen LogP contribution in [0.3, 0.4) is 0 Å². The lowest BCUT2D eigenvalue weighted by molar-refractivity contribution is -0.116. The molecule has 1 aromatic rings. The molecule has 0 radical (unpaired) electrons. The molecule has 0 aliphatic carbocycles. The number of anilines is 1. The molecule has 5 heteroatoms. The Hall–Kier alpha value is -1.75. The Labute approximate surface area is 119 Å². The van der Waals surface area contributed by atoms with Crippen LogP contribution in [0.5, 0.6) is 11.5 Å². The number of amides is 1. The first-order valence-corrected chi connectivity index (χ1v) is 7.12. The number of ether oxygens (including phenoxy) is 2. The summed E-state index contributed by atoms with van der Waals surface area (Å²) in [5, 5.41) is 6.16. The lowest BCUT2D eigenvalue weighted by Crippen LogP contribution is -2.28. The molecule has 1 aliphatic rings. The van der Waals surface area contributed by atoms with Gasteiger partial charge in [0.05, 0.1) is 0 Å². The predicted octanol–water partition coefficient (Wildman–Crippen LogP) is 2.17. The van der Waals surface area contributed by atoms with Crippen LogP contribution >= 0.6 is 0 Å². The van der Waals surface area contributed by atoms with E-state index in [1.165, 1.54) is 0 Å². The Bertz CT molecular complexity index is 462. The van der Waals surface area contributed by atoms with Gasteiger partial charge >= 0.3 is 0 Å². The fourth-order valence-corrected chi connectivity index (χ4v) is 1.92. The Balaban J connectivity index is 1.82. The number of hydrogen-bond acceptors (Lipinski definition) is 4. The molecule has 1 aromatic carbocycles. The van der Waals surface area contributed by atoms with Crippen LogP contribution in [0.15, 0.2) is 18.2 Å². The lowest BCUT2D eigenvalue weighted by Gasteiger charge is -2.19. The fraction of sp³-hybridized carbons (Fsp3) is 0.533. The van der Waals surface area contributed by atoms with Gasteiger partial charge in [-0.05, 0) is 25.5 Å². The SMILES string of the molecule is CCC(C)NCCC(=O)Nc1ccc2c(c1)OCCO2. The molecule has 0 spiro atoms. The lowest BCUT2D eigenvalue weighted by atomic mass is 10.2. The number of hydrogen-bond donors (Lipinski definition) is 2. The largest absolute Gasteiger partial charge is 0.486 e. The van der Waals surface area contributed by atoms with Crippen LogP contribution in [-0.2, 0) is 4.79 Å². The van der Waals surface area contributed by atoms with Gasteiger partial charge in [-0.15, -0.1) is 0 Å². The van der Waals surface area contributed by atoms with E-state index in [2.05, 4.69) is 24.5 Å². The van der Waals surface area contributed by atoms with Gasteiger partial charge in [-0.25, -0.2) is 0 Å². The van der Waals surface area contributed by atoms with Gasteiger partial charge in [-0.2, -0.15) is 0 Å². The first-order valence-electron chi connectivity index (χ1n) is 7.12. The third-order valence-electron chi connectivity index (χ3n) is 3.28. The van der Waals surface area contributed by atoms with Gasteiger partial charge in [-0.1, -0.05) is 6.92 Å². The number of carbonyl (C=O) groups is 1. The molecule has 1 aliphatic heterocycles. The number of carbonyl (C=O) groups excluding carboxylic acids is 1. The van der Waals surface area contributed by atoms with Crippen LogP contribution < -0.4 is 20.1 Å². The van der Waals surface area contributed by atoms with Crippen molar-refractivity contribution in [3.05, 3.63) is 18.2 Å². The first kappa shape index (κ1) is 14.7.